The number of benzene rings is 2. The van der Waals surface area contributed by atoms with E-state index in [0.717, 1.165) is 35.4 Å². The normalized spacial score (nSPS) is 31.0. The average molecular weight is 427 g/mol. The van der Waals surface area contributed by atoms with E-state index in [1.54, 1.807) is 0 Å². The lowest BCUT2D eigenvalue weighted by molar-refractivity contribution is -0.337. The predicted octanol–water partition coefficient (Wildman–Crippen LogP) is 5.76. The summed E-state index contributed by atoms with van der Waals surface area (Å²) < 4.78 is 13.0. The van der Waals surface area contributed by atoms with E-state index in [2.05, 4.69) is 37.3 Å². The second kappa shape index (κ2) is 7.94. The van der Waals surface area contributed by atoms with Gasteiger partial charge >= 0.3 is 0 Å². The second-order valence-electron chi connectivity index (χ2n) is 9.28. The van der Waals surface area contributed by atoms with Gasteiger partial charge in [0.2, 0.25) is 0 Å². The van der Waals surface area contributed by atoms with Crippen LogP contribution in [0.4, 0.5) is 0 Å². The molecule has 0 amide bonds. The summed E-state index contributed by atoms with van der Waals surface area (Å²) in [5, 5.41) is 11.3. The van der Waals surface area contributed by atoms with Crippen LogP contribution in [0.3, 0.4) is 0 Å². The molecule has 1 saturated heterocycles. The average Bonchev–Trinajstić information content (AvgIpc) is 3.06. The molecule has 2 aromatic carbocycles. The maximum atomic E-state index is 10.5. The number of fused-ring (bicyclic) bond motifs is 2. The van der Waals surface area contributed by atoms with Crippen LogP contribution in [0.2, 0.25) is 5.02 Å². The molecule has 5 rings (SSSR count). The van der Waals surface area contributed by atoms with Crippen LogP contribution >= 0.6 is 11.6 Å². The van der Waals surface area contributed by atoms with Crippen molar-refractivity contribution in [2.24, 2.45) is 11.8 Å². The third-order valence-corrected chi connectivity index (χ3v) is 7.95. The van der Waals surface area contributed by atoms with Crippen molar-refractivity contribution < 1.29 is 14.6 Å². The van der Waals surface area contributed by atoms with E-state index in [-0.39, 0.29) is 12.0 Å². The van der Waals surface area contributed by atoms with E-state index in [0.29, 0.717) is 12.5 Å². The minimum atomic E-state index is -0.746. The van der Waals surface area contributed by atoms with Crippen LogP contribution in [-0.4, -0.2) is 17.3 Å². The molecule has 1 spiro atoms. The van der Waals surface area contributed by atoms with Gasteiger partial charge in [0.15, 0.2) is 5.79 Å². The first-order valence-corrected chi connectivity index (χ1v) is 11.8. The fourth-order valence-corrected chi connectivity index (χ4v) is 5.74. The SMILES string of the molecule is CCc1ccc(Cc2c(Cl)ccc3c2COC32OC(C)C(O)CC2C2CCC2)cc1. The molecule has 2 aromatic rings. The van der Waals surface area contributed by atoms with E-state index < -0.39 is 11.9 Å². The summed E-state index contributed by atoms with van der Waals surface area (Å²) in [6.07, 6.45) is 5.54. The quantitative estimate of drug-likeness (QED) is 0.675. The summed E-state index contributed by atoms with van der Waals surface area (Å²) in [6.45, 7) is 4.65. The number of hydrogen-bond donors (Lipinski definition) is 1. The van der Waals surface area contributed by atoms with Crippen LogP contribution in [0.5, 0.6) is 0 Å². The molecule has 4 unspecified atom stereocenters. The van der Waals surface area contributed by atoms with Crippen LogP contribution in [0, 0.1) is 11.8 Å². The number of rotatable bonds is 4. The summed E-state index contributed by atoms with van der Waals surface area (Å²) in [5.41, 5.74) is 6.05. The third-order valence-electron chi connectivity index (χ3n) is 7.60. The molecule has 1 N–H and O–H groups in total. The van der Waals surface area contributed by atoms with Gasteiger partial charge in [0.05, 0.1) is 18.8 Å². The van der Waals surface area contributed by atoms with Crippen molar-refractivity contribution in [3.63, 3.8) is 0 Å². The molecule has 2 aliphatic heterocycles. The largest absolute Gasteiger partial charge is 0.390 e. The first-order valence-electron chi connectivity index (χ1n) is 11.4. The van der Waals surface area contributed by atoms with E-state index in [4.69, 9.17) is 21.1 Å². The molecule has 0 aromatic heterocycles. The molecule has 0 bridgehead atoms. The van der Waals surface area contributed by atoms with Gasteiger partial charge in [-0.05, 0) is 73.3 Å². The minimum absolute atomic E-state index is 0.191. The van der Waals surface area contributed by atoms with Gasteiger partial charge in [-0.25, -0.2) is 0 Å². The van der Waals surface area contributed by atoms with Crippen molar-refractivity contribution in [1.29, 1.82) is 0 Å². The standard InChI is InChI=1S/C26H31ClO3/c1-3-17-7-9-18(10-8-17)13-20-21-15-29-26(22(21)11-12-24(20)27)23(19-5-4-6-19)14-25(28)16(2)30-26/h7-12,16,19,23,25,28H,3-6,13-15H2,1-2H3. The molecular formula is C26H31ClO3. The summed E-state index contributed by atoms with van der Waals surface area (Å²) >= 11 is 6.70. The zero-order valence-electron chi connectivity index (χ0n) is 17.9. The summed E-state index contributed by atoms with van der Waals surface area (Å²) in [5.74, 6) is 0.000160. The molecule has 0 radical (unpaired) electrons. The lowest BCUT2D eigenvalue weighted by atomic mass is 9.67. The van der Waals surface area contributed by atoms with Crippen molar-refractivity contribution in [2.45, 2.75) is 77.0 Å². The maximum Gasteiger partial charge on any atom is 0.199 e. The van der Waals surface area contributed by atoms with Crippen molar-refractivity contribution in [3.05, 3.63) is 69.2 Å². The molecule has 4 atom stereocenters. The van der Waals surface area contributed by atoms with Crippen LogP contribution in [0.1, 0.15) is 67.3 Å². The minimum Gasteiger partial charge on any atom is -0.390 e. The Labute approximate surface area is 184 Å². The monoisotopic (exact) mass is 426 g/mol. The molecule has 1 saturated carbocycles. The van der Waals surface area contributed by atoms with Gasteiger partial charge in [0, 0.05) is 16.5 Å². The molecule has 1 aliphatic carbocycles. The van der Waals surface area contributed by atoms with Gasteiger partial charge in [-0.1, -0.05) is 55.3 Å². The summed E-state index contributed by atoms with van der Waals surface area (Å²) in [4.78, 5) is 0. The van der Waals surface area contributed by atoms with Gasteiger partial charge in [0.25, 0.3) is 0 Å². The van der Waals surface area contributed by atoms with Gasteiger partial charge < -0.3 is 14.6 Å². The topological polar surface area (TPSA) is 38.7 Å². The fraction of sp³-hybridized carbons (Fsp3) is 0.538. The molecule has 2 fully saturated rings. The Morgan fingerprint density at radius 3 is 2.50 bits per heavy atom. The molecule has 4 heteroatoms. The Morgan fingerprint density at radius 1 is 1.10 bits per heavy atom. The first kappa shape index (κ1) is 20.5. The van der Waals surface area contributed by atoms with E-state index in [9.17, 15) is 5.11 Å². The van der Waals surface area contributed by atoms with Crippen LogP contribution in [0.25, 0.3) is 0 Å². The zero-order valence-corrected chi connectivity index (χ0v) is 18.6. The van der Waals surface area contributed by atoms with Crippen LogP contribution < -0.4 is 0 Å². The highest BCUT2D eigenvalue weighted by Crippen LogP contribution is 2.56. The van der Waals surface area contributed by atoms with Crippen molar-refractivity contribution in [2.75, 3.05) is 0 Å². The number of ether oxygens (including phenoxy) is 2. The van der Waals surface area contributed by atoms with Crippen LogP contribution in [0.15, 0.2) is 36.4 Å². The first-order chi connectivity index (χ1) is 14.5. The van der Waals surface area contributed by atoms with E-state index >= 15 is 0 Å². The Morgan fingerprint density at radius 2 is 1.83 bits per heavy atom. The van der Waals surface area contributed by atoms with E-state index in [1.807, 2.05) is 13.0 Å². The third kappa shape index (κ3) is 3.31. The van der Waals surface area contributed by atoms with Crippen molar-refractivity contribution in [3.8, 4) is 0 Å². The van der Waals surface area contributed by atoms with Gasteiger partial charge in [-0.3, -0.25) is 0 Å². The highest BCUT2D eigenvalue weighted by Gasteiger charge is 2.56. The van der Waals surface area contributed by atoms with Gasteiger partial charge in [0.1, 0.15) is 0 Å². The number of aliphatic hydroxyl groups is 1. The summed E-state index contributed by atoms with van der Waals surface area (Å²) in [6, 6.07) is 12.9. The summed E-state index contributed by atoms with van der Waals surface area (Å²) in [7, 11) is 0. The van der Waals surface area contributed by atoms with Crippen LogP contribution in [-0.2, 0) is 34.7 Å². The number of hydrogen-bond acceptors (Lipinski definition) is 3. The Hall–Kier alpha value is -1.39. The fourth-order valence-electron chi connectivity index (χ4n) is 5.50. The van der Waals surface area contributed by atoms with E-state index in [1.165, 1.54) is 36.0 Å². The number of aliphatic hydroxyl groups excluding tert-OH is 1. The lowest BCUT2D eigenvalue weighted by Crippen LogP contribution is -2.53. The smallest absolute Gasteiger partial charge is 0.199 e. The molecule has 3 nitrogen and oxygen atoms in total. The second-order valence-corrected chi connectivity index (χ2v) is 9.69. The number of halogens is 1. The van der Waals surface area contributed by atoms with Gasteiger partial charge in [-0.15, -0.1) is 0 Å². The van der Waals surface area contributed by atoms with Crippen molar-refractivity contribution >= 4 is 11.6 Å². The van der Waals surface area contributed by atoms with Gasteiger partial charge in [-0.2, -0.15) is 0 Å². The molecule has 3 aliphatic rings. The predicted molar refractivity (Wildman–Crippen MR) is 119 cm³/mol. The Kier molecular flexibility index (Phi) is 5.43. The molecule has 30 heavy (non-hydrogen) atoms. The lowest BCUT2D eigenvalue weighted by Gasteiger charge is -2.50. The number of aryl methyl sites for hydroxylation is 1. The Bertz CT molecular complexity index is 921. The highest BCUT2D eigenvalue weighted by molar-refractivity contribution is 6.31. The van der Waals surface area contributed by atoms with Crippen molar-refractivity contribution in [1.82, 2.24) is 0 Å². The molecule has 2 heterocycles. The maximum absolute atomic E-state index is 10.5. The highest BCUT2D eigenvalue weighted by atomic mass is 35.5. The zero-order chi connectivity index (χ0) is 20.9. The Balaban J connectivity index is 1.53. The molecule has 160 valence electrons. The molecular weight excluding hydrogens is 396 g/mol.